The lowest BCUT2D eigenvalue weighted by Crippen LogP contribution is -2.45. The zero-order chi connectivity index (χ0) is 23.7. The zero-order valence-corrected chi connectivity index (χ0v) is 18.8. The molecule has 0 saturated carbocycles. The molecule has 0 radical (unpaired) electrons. The van der Waals surface area contributed by atoms with Crippen molar-refractivity contribution in [2.24, 2.45) is 18.9 Å². The predicted molar refractivity (Wildman–Crippen MR) is 121 cm³/mol. The van der Waals surface area contributed by atoms with Crippen LogP contribution in [0.1, 0.15) is 27.7 Å². The van der Waals surface area contributed by atoms with Gasteiger partial charge in [-0.2, -0.15) is 5.10 Å². The highest BCUT2D eigenvalue weighted by molar-refractivity contribution is 5.95. The highest BCUT2D eigenvalue weighted by Crippen LogP contribution is 2.19. The topological polar surface area (TPSA) is 154 Å². The van der Waals surface area contributed by atoms with E-state index in [9.17, 15) is 19.2 Å². The number of hydrogen-bond acceptors (Lipinski definition) is 7. The molecule has 12 nitrogen and oxygen atoms in total. The molecule has 0 fully saturated rings. The molecular weight excluding hydrogens is 416 g/mol. The Morgan fingerprint density at radius 3 is 2.50 bits per heavy atom. The van der Waals surface area contributed by atoms with Gasteiger partial charge >= 0.3 is 5.69 Å². The summed E-state index contributed by atoms with van der Waals surface area (Å²) >= 11 is 0. The summed E-state index contributed by atoms with van der Waals surface area (Å²) < 4.78 is 3.87. The molecule has 0 unspecified atom stereocenters. The number of anilines is 2. The number of carbonyl (C=O) groups excluding carboxylic acids is 1. The van der Waals surface area contributed by atoms with Crippen molar-refractivity contribution in [3.8, 4) is 0 Å². The quantitative estimate of drug-likeness (QED) is 0.516. The van der Waals surface area contributed by atoms with E-state index in [4.69, 9.17) is 5.73 Å². The summed E-state index contributed by atoms with van der Waals surface area (Å²) in [7, 11) is 1.66. The Labute approximate surface area is 183 Å². The van der Waals surface area contributed by atoms with Crippen molar-refractivity contribution in [2.75, 3.05) is 17.2 Å². The van der Waals surface area contributed by atoms with Crippen LogP contribution in [0.3, 0.4) is 0 Å². The van der Waals surface area contributed by atoms with E-state index in [1.165, 1.54) is 26.7 Å². The number of fused-ring (bicyclic) bond motifs is 1. The Bertz CT molecular complexity index is 1330. The number of aromatic nitrogens is 6. The summed E-state index contributed by atoms with van der Waals surface area (Å²) in [6, 6.07) is 0. The maximum atomic E-state index is 13.3. The van der Waals surface area contributed by atoms with Crippen LogP contribution in [0.15, 0.2) is 26.9 Å². The lowest BCUT2D eigenvalue weighted by Gasteiger charge is -2.26. The van der Waals surface area contributed by atoms with E-state index in [1.54, 1.807) is 7.05 Å². The Balaban J connectivity index is 2.07. The van der Waals surface area contributed by atoms with Gasteiger partial charge in [0.25, 0.3) is 11.1 Å². The molecule has 0 spiro atoms. The van der Waals surface area contributed by atoms with Crippen molar-refractivity contribution in [3.63, 3.8) is 0 Å². The Hall–Kier alpha value is -3.70. The minimum absolute atomic E-state index is 0.0149. The SMILES string of the molecule is CC(C)CN(C(=O)Cn1cnc2c(cnn2C)c1=O)c1c(N)n(CC(C)C)c(=O)[nH]c1=O. The van der Waals surface area contributed by atoms with E-state index in [0.717, 1.165) is 4.57 Å². The van der Waals surface area contributed by atoms with Gasteiger partial charge in [0.15, 0.2) is 11.3 Å². The number of hydrogen-bond donors (Lipinski definition) is 2. The van der Waals surface area contributed by atoms with Crippen molar-refractivity contribution in [1.29, 1.82) is 0 Å². The Kier molecular flexibility index (Phi) is 6.32. The van der Waals surface area contributed by atoms with Gasteiger partial charge < -0.3 is 10.6 Å². The maximum absolute atomic E-state index is 13.3. The molecule has 32 heavy (non-hydrogen) atoms. The van der Waals surface area contributed by atoms with E-state index < -0.39 is 22.7 Å². The molecule has 172 valence electrons. The summed E-state index contributed by atoms with van der Waals surface area (Å²) in [6.07, 6.45) is 2.66. The van der Waals surface area contributed by atoms with Crippen molar-refractivity contribution in [1.82, 2.24) is 28.9 Å². The molecule has 0 atom stereocenters. The molecule has 0 aliphatic heterocycles. The van der Waals surface area contributed by atoms with Gasteiger partial charge in [0.1, 0.15) is 24.1 Å². The monoisotopic (exact) mass is 444 g/mol. The second kappa shape index (κ2) is 8.81. The van der Waals surface area contributed by atoms with Crippen LogP contribution in [0, 0.1) is 11.8 Å². The number of nitrogens with one attached hydrogen (secondary N) is 1. The third-order valence-corrected chi connectivity index (χ3v) is 4.90. The third-order valence-electron chi connectivity index (χ3n) is 4.90. The van der Waals surface area contributed by atoms with Crippen LogP contribution in [0.25, 0.3) is 11.0 Å². The third kappa shape index (κ3) is 4.34. The summed E-state index contributed by atoms with van der Waals surface area (Å²) in [5, 5.41) is 4.29. The average molecular weight is 444 g/mol. The molecule has 1 amide bonds. The molecule has 0 saturated heterocycles. The first-order valence-corrected chi connectivity index (χ1v) is 10.3. The number of amides is 1. The lowest BCUT2D eigenvalue weighted by molar-refractivity contribution is -0.119. The number of rotatable bonds is 7. The van der Waals surface area contributed by atoms with Crippen molar-refractivity contribution in [2.45, 2.75) is 40.8 Å². The van der Waals surface area contributed by atoms with Gasteiger partial charge in [-0.1, -0.05) is 27.7 Å². The van der Waals surface area contributed by atoms with Crippen LogP contribution >= 0.6 is 0 Å². The van der Waals surface area contributed by atoms with Crippen LogP contribution in [0.4, 0.5) is 11.5 Å². The molecule has 12 heteroatoms. The van der Waals surface area contributed by atoms with Gasteiger partial charge in [-0.15, -0.1) is 0 Å². The van der Waals surface area contributed by atoms with Gasteiger partial charge in [-0.05, 0) is 11.8 Å². The fraction of sp³-hybridized carbons (Fsp3) is 0.500. The summed E-state index contributed by atoms with van der Waals surface area (Å²) in [5.74, 6) is -0.551. The molecule has 3 aromatic rings. The minimum atomic E-state index is -0.755. The second-order valence-corrected chi connectivity index (χ2v) is 8.58. The van der Waals surface area contributed by atoms with Gasteiger partial charge in [-0.3, -0.25) is 33.2 Å². The van der Waals surface area contributed by atoms with Crippen molar-refractivity contribution in [3.05, 3.63) is 43.7 Å². The fourth-order valence-electron chi connectivity index (χ4n) is 3.48. The Morgan fingerprint density at radius 1 is 1.19 bits per heavy atom. The van der Waals surface area contributed by atoms with E-state index in [0.29, 0.717) is 5.65 Å². The first-order valence-electron chi connectivity index (χ1n) is 10.3. The highest BCUT2D eigenvalue weighted by Gasteiger charge is 2.26. The number of aromatic amines is 1. The molecule has 3 rings (SSSR count). The number of H-pyrrole nitrogens is 1. The predicted octanol–water partition coefficient (Wildman–Crippen LogP) is -0.0926. The smallest absolute Gasteiger partial charge is 0.330 e. The second-order valence-electron chi connectivity index (χ2n) is 8.58. The van der Waals surface area contributed by atoms with Crippen LogP contribution in [-0.4, -0.2) is 41.3 Å². The molecule has 3 heterocycles. The van der Waals surface area contributed by atoms with E-state index in [-0.39, 0.29) is 48.4 Å². The summed E-state index contributed by atoms with van der Waals surface area (Å²) in [6.45, 7) is 7.66. The standard InChI is InChI=1S/C20H28N8O4/c1-11(2)7-27(15-16(21)28(8-12(3)4)20(32)24-18(15)30)14(29)9-26-10-22-17-13(19(26)31)6-23-25(17)5/h6,10-12H,7-9,21H2,1-5H3,(H,24,30,32). The summed E-state index contributed by atoms with van der Waals surface area (Å²) in [5.41, 5.74) is 4.69. The van der Waals surface area contributed by atoms with E-state index >= 15 is 0 Å². The van der Waals surface area contributed by atoms with Crippen LogP contribution in [0.2, 0.25) is 0 Å². The first kappa shape index (κ1) is 23.0. The zero-order valence-electron chi connectivity index (χ0n) is 18.8. The van der Waals surface area contributed by atoms with Crippen LogP contribution in [-0.2, 0) is 24.9 Å². The highest BCUT2D eigenvalue weighted by atomic mass is 16.2. The largest absolute Gasteiger partial charge is 0.383 e. The normalized spacial score (nSPS) is 11.6. The maximum Gasteiger partial charge on any atom is 0.330 e. The molecular formula is C20H28N8O4. The van der Waals surface area contributed by atoms with Gasteiger partial charge in [-0.25, -0.2) is 9.78 Å². The van der Waals surface area contributed by atoms with E-state index in [2.05, 4.69) is 15.1 Å². The number of nitrogen functional groups attached to an aromatic ring is 1. The molecule has 0 aliphatic rings. The summed E-state index contributed by atoms with van der Waals surface area (Å²) in [4.78, 5) is 58.7. The van der Waals surface area contributed by atoms with Gasteiger partial charge in [0, 0.05) is 20.1 Å². The Morgan fingerprint density at radius 2 is 1.88 bits per heavy atom. The van der Waals surface area contributed by atoms with Crippen LogP contribution < -0.4 is 27.4 Å². The molecule has 0 bridgehead atoms. The number of nitrogens with zero attached hydrogens (tertiary/aromatic N) is 6. The molecule has 0 aromatic carbocycles. The molecule has 3 N–H and O–H groups in total. The number of nitrogens with two attached hydrogens (primary N) is 1. The molecule has 3 aromatic heterocycles. The van der Waals surface area contributed by atoms with Crippen molar-refractivity contribution >= 4 is 28.4 Å². The average Bonchev–Trinajstić information content (AvgIpc) is 3.07. The number of carbonyl (C=O) groups is 1. The molecule has 0 aliphatic carbocycles. The minimum Gasteiger partial charge on any atom is -0.383 e. The van der Waals surface area contributed by atoms with Crippen molar-refractivity contribution < 1.29 is 4.79 Å². The van der Waals surface area contributed by atoms with Gasteiger partial charge in [0.05, 0.1) is 6.20 Å². The fourth-order valence-corrected chi connectivity index (χ4v) is 3.48. The van der Waals surface area contributed by atoms with Crippen LogP contribution in [0.5, 0.6) is 0 Å². The lowest BCUT2D eigenvalue weighted by atomic mass is 10.2. The first-order chi connectivity index (χ1) is 15.0. The van der Waals surface area contributed by atoms with E-state index in [1.807, 2.05) is 27.7 Å². The number of aryl methyl sites for hydroxylation is 1. The van der Waals surface area contributed by atoms with Gasteiger partial charge in [0.2, 0.25) is 5.91 Å².